The third-order valence-corrected chi connectivity index (χ3v) is 3.78. The van der Waals surface area contributed by atoms with Crippen LogP contribution in [0.4, 0.5) is 0 Å². The molecule has 25 heavy (non-hydrogen) atoms. The number of methoxy groups -OCH3 is 1. The lowest BCUT2D eigenvalue weighted by Gasteiger charge is -2.12. The summed E-state index contributed by atoms with van der Waals surface area (Å²) in [4.78, 5) is 16.2. The Morgan fingerprint density at radius 2 is 1.68 bits per heavy atom. The molecule has 0 saturated heterocycles. The Morgan fingerprint density at radius 3 is 2.28 bits per heavy atom. The van der Waals surface area contributed by atoms with Crippen LogP contribution >= 0.6 is 0 Å². The van der Waals surface area contributed by atoms with E-state index in [0.29, 0.717) is 18.7 Å². The Kier molecular flexibility index (Phi) is 10.1. The van der Waals surface area contributed by atoms with Crippen LogP contribution in [0.25, 0.3) is 0 Å². The number of nitrogens with zero attached hydrogens (tertiary/aromatic N) is 1. The normalized spacial score (nSPS) is 11.3. The van der Waals surface area contributed by atoms with E-state index in [1.54, 1.807) is 38.4 Å². The van der Waals surface area contributed by atoms with E-state index in [-0.39, 0.29) is 5.91 Å². The maximum atomic E-state index is 12.0. The number of carbonyl (C=O) groups is 1. The molecule has 0 saturated carbocycles. The van der Waals surface area contributed by atoms with Gasteiger partial charge in [0.25, 0.3) is 5.91 Å². The second kappa shape index (κ2) is 12.2. The lowest BCUT2D eigenvalue weighted by atomic mass is 10.1. The summed E-state index contributed by atoms with van der Waals surface area (Å²) in [6, 6.07) is 7.05. The van der Waals surface area contributed by atoms with Crippen molar-refractivity contribution in [3.05, 3.63) is 29.8 Å². The van der Waals surface area contributed by atoms with E-state index in [2.05, 4.69) is 34.8 Å². The van der Waals surface area contributed by atoms with Gasteiger partial charge in [-0.1, -0.05) is 26.7 Å². The maximum absolute atomic E-state index is 12.0. The summed E-state index contributed by atoms with van der Waals surface area (Å²) in [7, 11) is 3.35. The van der Waals surface area contributed by atoms with Gasteiger partial charge < -0.3 is 20.7 Å². The zero-order valence-electron chi connectivity index (χ0n) is 15.9. The molecule has 0 aliphatic rings. The first-order chi connectivity index (χ1) is 12.1. The largest absolute Gasteiger partial charge is 0.497 e. The van der Waals surface area contributed by atoms with Crippen molar-refractivity contribution in [3.63, 3.8) is 0 Å². The van der Waals surface area contributed by atoms with Gasteiger partial charge in [-0.15, -0.1) is 0 Å². The molecule has 0 heterocycles. The van der Waals surface area contributed by atoms with Crippen LogP contribution in [-0.2, 0) is 0 Å². The highest BCUT2D eigenvalue weighted by molar-refractivity contribution is 5.94. The van der Waals surface area contributed by atoms with Gasteiger partial charge in [0.2, 0.25) is 0 Å². The third kappa shape index (κ3) is 8.98. The van der Waals surface area contributed by atoms with Crippen molar-refractivity contribution in [2.24, 2.45) is 10.9 Å². The van der Waals surface area contributed by atoms with Crippen LogP contribution < -0.4 is 20.7 Å². The van der Waals surface area contributed by atoms with Crippen LogP contribution in [0.15, 0.2) is 29.3 Å². The van der Waals surface area contributed by atoms with E-state index in [1.165, 1.54) is 12.8 Å². The molecule has 0 aromatic heterocycles. The van der Waals surface area contributed by atoms with Crippen molar-refractivity contribution in [2.45, 2.75) is 33.1 Å². The van der Waals surface area contributed by atoms with Gasteiger partial charge >= 0.3 is 0 Å². The Balaban J connectivity index is 2.18. The molecule has 3 N–H and O–H groups in total. The molecule has 1 rings (SSSR count). The lowest BCUT2D eigenvalue weighted by Crippen LogP contribution is -2.41. The average molecular weight is 348 g/mol. The Labute approximate surface area is 151 Å². The molecule has 1 aromatic rings. The molecule has 0 fully saturated rings. The van der Waals surface area contributed by atoms with Crippen molar-refractivity contribution in [3.8, 4) is 5.75 Å². The van der Waals surface area contributed by atoms with Crippen LogP contribution in [0, 0.1) is 5.92 Å². The Bertz CT molecular complexity index is 527. The molecule has 1 aromatic carbocycles. The van der Waals surface area contributed by atoms with Crippen molar-refractivity contribution < 1.29 is 9.53 Å². The molecule has 0 radical (unpaired) electrons. The van der Waals surface area contributed by atoms with E-state index in [1.807, 2.05) is 0 Å². The van der Waals surface area contributed by atoms with Crippen LogP contribution in [-0.4, -0.2) is 45.7 Å². The molecular weight excluding hydrogens is 316 g/mol. The number of nitrogens with one attached hydrogen (secondary N) is 3. The number of ether oxygens (including phenoxy) is 1. The van der Waals surface area contributed by atoms with Gasteiger partial charge in [0, 0.05) is 32.2 Å². The molecule has 0 atom stereocenters. The lowest BCUT2D eigenvalue weighted by molar-refractivity contribution is 0.0954. The van der Waals surface area contributed by atoms with Gasteiger partial charge in [-0.05, 0) is 36.6 Å². The average Bonchev–Trinajstić information content (AvgIpc) is 2.62. The van der Waals surface area contributed by atoms with Crippen LogP contribution in [0.1, 0.15) is 43.5 Å². The summed E-state index contributed by atoms with van der Waals surface area (Å²) in [6.07, 6.45) is 3.61. The highest BCUT2D eigenvalue weighted by Crippen LogP contribution is 2.10. The number of rotatable bonds is 10. The number of guanidine groups is 1. The van der Waals surface area contributed by atoms with E-state index >= 15 is 0 Å². The quantitative estimate of drug-likeness (QED) is 0.345. The van der Waals surface area contributed by atoms with Crippen molar-refractivity contribution in [1.82, 2.24) is 16.0 Å². The van der Waals surface area contributed by atoms with Gasteiger partial charge in [0.15, 0.2) is 5.96 Å². The molecule has 0 unspecified atom stereocenters. The molecule has 0 spiro atoms. The maximum Gasteiger partial charge on any atom is 0.251 e. The predicted octanol–water partition coefficient (Wildman–Crippen LogP) is 2.42. The fourth-order valence-electron chi connectivity index (χ4n) is 2.31. The van der Waals surface area contributed by atoms with Crippen LogP contribution in [0.3, 0.4) is 0 Å². The van der Waals surface area contributed by atoms with Gasteiger partial charge in [-0.25, -0.2) is 0 Å². The minimum atomic E-state index is -0.0962. The summed E-state index contributed by atoms with van der Waals surface area (Å²) >= 11 is 0. The summed E-state index contributed by atoms with van der Waals surface area (Å²) in [5.41, 5.74) is 0.619. The molecule has 0 aliphatic carbocycles. The predicted molar refractivity (Wildman–Crippen MR) is 103 cm³/mol. The summed E-state index contributed by atoms with van der Waals surface area (Å²) in [6.45, 7) is 6.54. The zero-order valence-corrected chi connectivity index (χ0v) is 15.9. The molecule has 6 nitrogen and oxygen atoms in total. The van der Waals surface area contributed by atoms with Gasteiger partial charge in [0.05, 0.1) is 7.11 Å². The Morgan fingerprint density at radius 1 is 1.04 bits per heavy atom. The van der Waals surface area contributed by atoms with E-state index in [4.69, 9.17) is 4.74 Å². The van der Waals surface area contributed by atoms with Crippen molar-refractivity contribution >= 4 is 11.9 Å². The van der Waals surface area contributed by atoms with Crippen molar-refractivity contribution in [2.75, 3.05) is 33.8 Å². The summed E-state index contributed by atoms with van der Waals surface area (Å²) in [5, 5.41) is 9.37. The third-order valence-electron chi connectivity index (χ3n) is 3.78. The van der Waals surface area contributed by atoms with E-state index in [9.17, 15) is 4.79 Å². The molecule has 6 heteroatoms. The number of carbonyl (C=O) groups excluding carboxylic acids is 1. The fourth-order valence-corrected chi connectivity index (χ4v) is 2.31. The van der Waals surface area contributed by atoms with Crippen LogP contribution in [0.2, 0.25) is 0 Å². The first-order valence-corrected chi connectivity index (χ1v) is 8.93. The standard InChI is InChI=1S/C19H32N4O2/c1-15(2)7-5-6-12-22-19(20-3)23-14-13-21-18(24)16-8-10-17(25-4)11-9-16/h8-11,15H,5-7,12-14H2,1-4H3,(H,21,24)(H2,20,22,23). The molecule has 0 bridgehead atoms. The smallest absolute Gasteiger partial charge is 0.251 e. The SMILES string of the molecule is CN=C(NCCCCC(C)C)NCCNC(=O)c1ccc(OC)cc1. The van der Waals surface area contributed by atoms with E-state index in [0.717, 1.165) is 30.6 Å². The summed E-state index contributed by atoms with van der Waals surface area (Å²) < 4.78 is 5.08. The highest BCUT2D eigenvalue weighted by atomic mass is 16.5. The number of hydrogen-bond donors (Lipinski definition) is 3. The first-order valence-electron chi connectivity index (χ1n) is 8.93. The monoisotopic (exact) mass is 348 g/mol. The van der Waals surface area contributed by atoms with Crippen LogP contribution in [0.5, 0.6) is 5.75 Å². The number of unbranched alkanes of at least 4 members (excludes halogenated alkanes) is 1. The number of benzene rings is 1. The van der Waals surface area contributed by atoms with Gasteiger partial charge in [-0.2, -0.15) is 0 Å². The minimum absolute atomic E-state index is 0.0962. The Hall–Kier alpha value is -2.24. The first kappa shape index (κ1) is 20.8. The van der Waals surface area contributed by atoms with Gasteiger partial charge in [-0.3, -0.25) is 9.79 Å². The van der Waals surface area contributed by atoms with E-state index < -0.39 is 0 Å². The van der Waals surface area contributed by atoms with Gasteiger partial charge in [0.1, 0.15) is 5.75 Å². The van der Waals surface area contributed by atoms with Crippen molar-refractivity contribution in [1.29, 1.82) is 0 Å². The second-order valence-corrected chi connectivity index (χ2v) is 6.30. The minimum Gasteiger partial charge on any atom is -0.497 e. The number of amides is 1. The molecule has 0 aliphatic heterocycles. The molecule has 140 valence electrons. The second-order valence-electron chi connectivity index (χ2n) is 6.30. The zero-order chi connectivity index (χ0) is 18.5. The highest BCUT2D eigenvalue weighted by Gasteiger charge is 2.05. The topological polar surface area (TPSA) is 74.8 Å². The number of hydrogen-bond acceptors (Lipinski definition) is 3. The summed E-state index contributed by atoms with van der Waals surface area (Å²) in [5.74, 6) is 2.16. The molecular formula is C19H32N4O2. The fraction of sp³-hybridized carbons (Fsp3) is 0.579. The molecule has 1 amide bonds. The number of aliphatic imine (C=N–C) groups is 1.